The standard InChI is InChI=1S/C16H34O.C3H6/c1-7-8-9-10-11-12-13-16(5,14-17-6)15(2,3)4;1-3-2/h7-14H2,1-6H3;3H,1H2,2H3. The number of methoxy groups -OCH3 is 1. The van der Waals surface area contributed by atoms with Crippen molar-refractivity contribution in [3.63, 3.8) is 0 Å². The Morgan fingerprint density at radius 3 is 1.80 bits per heavy atom. The Morgan fingerprint density at radius 1 is 0.950 bits per heavy atom. The van der Waals surface area contributed by atoms with E-state index in [1.54, 1.807) is 6.08 Å². The van der Waals surface area contributed by atoms with E-state index in [0.29, 0.717) is 10.8 Å². The third-order valence-electron chi connectivity index (χ3n) is 4.36. The zero-order chi connectivity index (χ0) is 16.1. The number of ether oxygens (including phenoxy) is 1. The molecule has 0 bridgehead atoms. The highest BCUT2D eigenvalue weighted by atomic mass is 16.5. The molecule has 0 aromatic carbocycles. The Morgan fingerprint density at radius 2 is 1.40 bits per heavy atom. The Labute approximate surface area is 129 Å². The molecule has 0 radical (unpaired) electrons. The predicted molar refractivity (Wildman–Crippen MR) is 93.3 cm³/mol. The molecule has 1 nitrogen and oxygen atoms in total. The molecule has 0 aromatic heterocycles. The van der Waals surface area contributed by atoms with Crippen molar-refractivity contribution >= 4 is 0 Å². The van der Waals surface area contributed by atoms with Gasteiger partial charge in [-0.2, -0.15) is 0 Å². The van der Waals surface area contributed by atoms with Crippen LogP contribution in [0.2, 0.25) is 0 Å². The van der Waals surface area contributed by atoms with Crippen molar-refractivity contribution in [1.29, 1.82) is 0 Å². The summed E-state index contributed by atoms with van der Waals surface area (Å²) < 4.78 is 5.43. The smallest absolute Gasteiger partial charge is 0.0521 e. The number of rotatable bonds is 9. The second-order valence-corrected chi connectivity index (χ2v) is 7.17. The van der Waals surface area contributed by atoms with Crippen LogP contribution in [0.4, 0.5) is 0 Å². The van der Waals surface area contributed by atoms with Gasteiger partial charge in [-0.05, 0) is 24.2 Å². The fourth-order valence-corrected chi connectivity index (χ4v) is 2.28. The Kier molecular flexibility index (Phi) is 13.7. The first-order chi connectivity index (χ1) is 9.29. The summed E-state index contributed by atoms with van der Waals surface area (Å²) >= 11 is 0. The fourth-order valence-electron chi connectivity index (χ4n) is 2.28. The highest BCUT2D eigenvalue weighted by Gasteiger charge is 2.36. The zero-order valence-electron chi connectivity index (χ0n) is 15.3. The summed E-state index contributed by atoms with van der Waals surface area (Å²) in [6.07, 6.45) is 11.3. The summed E-state index contributed by atoms with van der Waals surface area (Å²) in [5.41, 5.74) is 0.638. The first-order valence-corrected chi connectivity index (χ1v) is 8.35. The highest BCUT2D eigenvalue weighted by molar-refractivity contribution is 4.86. The summed E-state index contributed by atoms with van der Waals surface area (Å²) in [6, 6.07) is 0. The van der Waals surface area contributed by atoms with Gasteiger partial charge in [-0.1, -0.05) is 79.2 Å². The van der Waals surface area contributed by atoms with Gasteiger partial charge in [-0.25, -0.2) is 0 Å². The van der Waals surface area contributed by atoms with Crippen LogP contribution in [0.1, 0.15) is 86.5 Å². The third-order valence-corrected chi connectivity index (χ3v) is 4.36. The van der Waals surface area contributed by atoms with Crippen LogP contribution in [0, 0.1) is 10.8 Å². The average molecular weight is 285 g/mol. The van der Waals surface area contributed by atoms with Gasteiger partial charge in [0.15, 0.2) is 0 Å². The molecule has 0 spiro atoms. The van der Waals surface area contributed by atoms with Crippen molar-refractivity contribution in [2.24, 2.45) is 10.8 Å². The molecule has 0 amide bonds. The van der Waals surface area contributed by atoms with Crippen LogP contribution in [0.25, 0.3) is 0 Å². The van der Waals surface area contributed by atoms with E-state index in [1.807, 2.05) is 14.0 Å². The number of unbranched alkanes of at least 4 members (excludes halogenated alkanes) is 5. The van der Waals surface area contributed by atoms with Crippen LogP contribution in [0.5, 0.6) is 0 Å². The van der Waals surface area contributed by atoms with Gasteiger partial charge in [-0.3, -0.25) is 0 Å². The molecule has 0 fully saturated rings. The van der Waals surface area contributed by atoms with E-state index in [1.165, 1.54) is 44.9 Å². The summed E-state index contributed by atoms with van der Waals surface area (Å²) in [6.45, 7) is 17.8. The molecule has 1 heteroatoms. The molecule has 0 N–H and O–H groups in total. The Bertz CT molecular complexity index is 214. The van der Waals surface area contributed by atoms with Gasteiger partial charge in [0, 0.05) is 7.11 Å². The minimum atomic E-state index is 0.312. The van der Waals surface area contributed by atoms with E-state index in [-0.39, 0.29) is 0 Å². The van der Waals surface area contributed by atoms with Crippen LogP contribution in [0.3, 0.4) is 0 Å². The SMILES string of the molecule is C=CC.CCCCCCCCC(C)(COC)C(C)(C)C. The monoisotopic (exact) mass is 284 g/mol. The average Bonchev–Trinajstić information content (AvgIpc) is 2.33. The maximum absolute atomic E-state index is 5.43. The first kappa shape index (κ1) is 22.0. The molecule has 0 aliphatic carbocycles. The van der Waals surface area contributed by atoms with Crippen molar-refractivity contribution in [3.8, 4) is 0 Å². The highest BCUT2D eigenvalue weighted by Crippen LogP contribution is 2.42. The van der Waals surface area contributed by atoms with E-state index in [0.717, 1.165) is 6.61 Å². The van der Waals surface area contributed by atoms with Crippen LogP contribution in [-0.2, 0) is 4.74 Å². The maximum Gasteiger partial charge on any atom is 0.0521 e. The van der Waals surface area contributed by atoms with Gasteiger partial charge in [-0.15, -0.1) is 6.58 Å². The van der Waals surface area contributed by atoms with Crippen molar-refractivity contribution in [2.75, 3.05) is 13.7 Å². The lowest BCUT2D eigenvalue weighted by molar-refractivity contribution is -0.000459. The lowest BCUT2D eigenvalue weighted by atomic mass is 9.65. The summed E-state index contributed by atoms with van der Waals surface area (Å²) in [4.78, 5) is 0. The molecular weight excluding hydrogens is 244 g/mol. The molecule has 20 heavy (non-hydrogen) atoms. The fraction of sp³-hybridized carbons (Fsp3) is 0.895. The van der Waals surface area contributed by atoms with Crippen molar-refractivity contribution in [2.45, 2.75) is 86.5 Å². The van der Waals surface area contributed by atoms with Gasteiger partial charge < -0.3 is 4.74 Å². The number of allylic oxidation sites excluding steroid dienone is 1. The van der Waals surface area contributed by atoms with E-state index in [2.05, 4.69) is 41.2 Å². The lowest BCUT2D eigenvalue weighted by Crippen LogP contribution is -2.37. The normalized spacial score (nSPS) is 14.2. The van der Waals surface area contributed by atoms with Crippen LogP contribution in [0.15, 0.2) is 12.7 Å². The van der Waals surface area contributed by atoms with Gasteiger partial charge >= 0.3 is 0 Å². The molecule has 0 saturated carbocycles. The van der Waals surface area contributed by atoms with Gasteiger partial charge in [0.25, 0.3) is 0 Å². The predicted octanol–water partition coefficient (Wildman–Crippen LogP) is 6.63. The summed E-state index contributed by atoms with van der Waals surface area (Å²) in [5.74, 6) is 0. The first-order valence-electron chi connectivity index (χ1n) is 8.35. The lowest BCUT2D eigenvalue weighted by Gasteiger charge is -2.41. The minimum Gasteiger partial charge on any atom is -0.384 e. The van der Waals surface area contributed by atoms with Crippen LogP contribution >= 0.6 is 0 Å². The minimum absolute atomic E-state index is 0.312. The van der Waals surface area contributed by atoms with Gasteiger partial charge in [0.2, 0.25) is 0 Å². The van der Waals surface area contributed by atoms with Crippen molar-refractivity contribution in [1.82, 2.24) is 0 Å². The molecule has 0 heterocycles. The van der Waals surface area contributed by atoms with Gasteiger partial charge in [0.1, 0.15) is 0 Å². The molecule has 0 aliphatic heterocycles. The van der Waals surface area contributed by atoms with E-state index in [4.69, 9.17) is 4.74 Å². The second-order valence-electron chi connectivity index (χ2n) is 7.17. The molecule has 1 atom stereocenters. The molecule has 122 valence electrons. The topological polar surface area (TPSA) is 9.23 Å². The molecule has 0 saturated heterocycles. The molecule has 1 unspecified atom stereocenters. The molecule has 0 aromatic rings. The summed E-state index contributed by atoms with van der Waals surface area (Å²) in [5, 5.41) is 0. The van der Waals surface area contributed by atoms with E-state index in [9.17, 15) is 0 Å². The number of hydrogen-bond acceptors (Lipinski definition) is 1. The van der Waals surface area contributed by atoms with Crippen molar-refractivity contribution in [3.05, 3.63) is 12.7 Å². The number of hydrogen-bond donors (Lipinski definition) is 0. The Balaban J connectivity index is 0. The third kappa shape index (κ3) is 10.5. The van der Waals surface area contributed by atoms with Crippen molar-refractivity contribution < 1.29 is 4.74 Å². The maximum atomic E-state index is 5.43. The van der Waals surface area contributed by atoms with Gasteiger partial charge in [0.05, 0.1) is 6.61 Å². The zero-order valence-corrected chi connectivity index (χ0v) is 15.3. The summed E-state index contributed by atoms with van der Waals surface area (Å²) in [7, 11) is 1.82. The second kappa shape index (κ2) is 12.4. The largest absolute Gasteiger partial charge is 0.384 e. The van der Waals surface area contributed by atoms with Crippen LogP contribution < -0.4 is 0 Å². The molecule has 0 aliphatic rings. The van der Waals surface area contributed by atoms with E-state index < -0.39 is 0 Å². The van der Waals surface area contributed by atoms with Crippen LogP contribution in [-0.4, -0.2) is 13.7 Å². The Hall–Kier alpha value is -0.300. The van der Waals surface area contributed by atoms with E-state index >= 15 is 0 Å². The molecular formula is C19H40O. The quantitative estimate of drug-likeness (QED) is 0.341. The molecule has 0 rings (SSSR count).